The summed E-state index contributed by atoms with van der Waals surface area (Å²) in [6.45, 7) is 1.27. The number of rotatable bonds is 1. The molecule has 1 aromatic rings. The summed E-state index contributed by atoms with van der Waals surface area (Å²) >= 11 is 0. The fourth-order valence-electron chi connectivity index (χ4n) is 3.72. The van der Waals surface area contributed by atoms with Gasteiger partial charge in [-0.15, -0.1) is 0 Å². The van der Waals surface area contributed by atoms with E-state index in [1.807, 2.05) is 0 Å². The van der Waals surface area contributed by atoms with Gasteiger partial charge in [0.2, 0.25) is 0 Å². The van der Waals surface area contributed by atoms with Gasteiger partial charge in [-0.05, 0) is 42.2 Å². The molecule has 2 fully saturated rings. The van der Waals surface area contributed by atoms with Gasteiger partial charge < -0.3 is 10.6 Å². The lowest BCUT2D eigenvalue weighted by molar-refractivity contribution is -0.137. The highest BCUT2D eigenvalue weighted by molar-refractivity contribution is 5.72. The molecule has 3 atom stereocenters. The first-order chi connectivity index (χ1) is 9.84. The lowest BCUT2D eigenvalue weighted by atomic mass is 9.94. The second-order valence-corrected chi connectivity index (χ2v) is 6.05. The Balaban J connectivity index is 1.73. The highest BCUT2D eigenvalue weighted by atomic mass is 19.4. The highest BCUT2D eigenvalue weighted by Gasteiger charge is 2.42. The van der Waals surface area contributed by atoms with Gasteiger partial charge in [0.1, 0.15) is 0 Å². The van der Waals surface area contributed by atoms with Gasteiger partial charge in [0, 0.05) is 13.1 Å². The molecule has 6 heteroatoms. The van der Waals surface area contributed by atoms with Crippen LogP contribution in [0.5, 0.6) is 0 Å². The smallest absolute Gasteiger partial charge is 0.351 e. The number of fused-ring (bicyclic) bond motifs is 1. The SMILES string of the molecule is NC(=O)N1C[C@H]2C[C@H](c3cccc(C(F)(F)F)c3)C[C@H]2C1. The van der Waals surface area contributed by atoms with Gasteiger partial charge in [-0.1, -0.05) is 18.2 Å². The van der Waals surface area contributed by atoms with E-state index in [4.69, 9.17) is 5.73 Å². The van der Waals surface area contributed by atoms with Crippen LogP contribution in [0.2, 0.25) is 0 Å². The molecule has 3 rings (SSSR count). The molecule has 2 amide bonds. The van der Waals surface area contributed by atoms with Crippen molar-refractivity contribution in [3.63, 3.8) is 0 Å². The number of carbonyl (C=O) groups is 1. The molecule has 2 N–H and O–H groups in total. The molecular weight excluding hydrogens is 281 g/mol. The first-order valence-corrected chi connectivity index (χ1v) is 7.06. The zero-order valence-electron chi connectivity index (χ0n) is 11.4. The molecule has 21 heavy (non-hydrogen) atoms. The molecule has 0 aromatic heterocycles. The van der Waals surface area contributed by atoms with Crippen LogP contribution in [0.1, 0.15) is 29.9 Å². The molecule has 1 aliphatic heterocycles. The number of primary amides is 1. The number of hydrogen-bond acceptors (Lipinski definition) is 1. The van der Waals surface area contributed by atoms with Crippen LogP contribution in [0.15, 0.2) is 24.3 Å². The van der Waals surface area contributed by atoms with Crippen LogP contribution in [-0.4, -0.2) is 24.0 Å². The van der Waals surface area contributed by atoms with E-state index in [2.05, 4.69) is 0 Å². The van der Waals surface area contributed by atoms with Gasteiger partial charge >= 0.3 is 12.2 Å². The Hall–Kier alpha value is -1.72. The lowest BCUT2D eigenvalue weighted by Gasteiger charge is -2.18. The summed E-state index contributed by atoms with van der Waals surface area (Å²) in [4.78, 5) is 12.8. The summed E-state index contributed by atoms with van der Waals surface area (Å²) in [5, 5.41) is 0. The van der Waals surface area contributed by atoms with E-state index in [0.717, 1.165) is 24.5 Å². The third kappa shape index (κ3) is 2.71. The van der Waals surface area contributed by atoms with Crippen LogP contribution in [-0.2, 0) is 6.18 Å². The fourth-order valence-corrected chi connectivity index (χ4v) is 3.72. The van der Waals surface area contributed by atoms with Crippen molar-refractivity contribution in [1.29, 1.82) is 0 Å². The van der Waals surface area contributed by atoms with Gasteiger partial charge in [0.25, 0.3) is 0 Å². The van der Waals surface area contributed by atoms with E-state index >= 15 is 0 Å². The Kier molecular flexibility index (Phi) is 3.34. The molecule has 3 nitrogen and oxygen atoms in total. The number of urea groups is 1. The molecule has 1 saturated heterocycles. The minimum absolute atomic E-state index is 0.150. The molecule has 0 radical (unpaired) electrons. The largest absolute Gasteiger partial charge is 0.416 e. The molecule has 0 unspecified atom stereocenters. The molecule has 1 aliphatic carbocycles. The Morgan fingerprint density at radius 3 is 2.33 bits per heavy atom. The Bertz CT molecular complexity index is 544. The van der Waals surface area contributed by atoms with Crippen molar-refractivity contribution in [1.82, 2.24) is 4.90 Å². The van der Waals surface area contributed by atoms with Crippen LogP contribution in [0, 0.1) is 11.8 Å². The molecule has 1 saturated carbocycles. The zero-order chi connectivity index (χ0) is 15.2. The fraction of sp³-hybridized carbons (Fsp3) is 0.533. The van der Waals surface area contributed by atoms with Crippen LogP contribution >= 0.6 is 0 Å². The Labute approximate surface area is 120 Å². The third-order valence-corrected chi connectivity index (χ3v) is 4.75. The summed E-state index contributed by atoms with van der Waals surface area (Å²) in [7, 11) is 0. The lowest BCUT2D eigenvalue weighted by Crippen LogP contribution is -2.34. The number of nitrogens with zero attached hydrogens (tertiary/aromatic N) is 1. The number of benzene rings is 1. The van der Waals surface area contributed by atoms with Crippen molar-refractivity contribution >= 4 is 6.03 Å². The second-order valence-electron chi connectivity index (χ2n) is 6.05. The average molecular weight is 298 g/mol. The number of halogens is 3. The molecule has 2 aliphatic rings. The van der Waals surface area contributed by atoms with Crippen molar-refractivity contribution < 1.29 is 18.0 Å². The number of hydrogen-bond donors (Lipinski definition) is 1. The van der Waals surface area contributed by atoms with E-state index < -0.39 is 17.8 Å². The topological polar surface area (TPSA) is 46.3 Å². The summed E-state index contributed by atoms with van der Waals surface area (Å²) < 4.78 is 38.3. The number of nitrogens with two attached hydrogens (primary N) is 1. The summed E-state index contributed by atoms with van der Waals surface area (Å²) in [6.07, 6.45) is -2.64. The monoisotopic (exact) mass is 298 g/mol. The Morgan fingerprint density at radius 1 is 1.19 bits per heavy atom. The Morgan fingerprint density at radius 2 is 1.81 bits per heavy atom. The van der Waals surface area contributed by atoms with Crippen molar-refractivity contribution in [2.75, 3.05) is 13.1 Å². The van der Waals surface area contributed by atoms with Crippen molar-refractivity contribution in [2.24, 2.45) is 17.6 Å². The zero-order valence-corrected chi connectivity index (χ0v) is 11.4. The first kappa shape index (κ1) is 14.2. The number of alkyl halides is 3. The second kappa shape index (κ2) is 4.93. The minimum Gasteiger partial charge on any atom is -0.351 e. The molecule has 114 valence electrons. The number of carbonyl (C=O) groups excluding carboxylic acids is 1. The first-order valence-electron chi connectivity index (χ1n) is 7.06. The van der Waals surface area contributed by atoms with Crippen LogP contribution in [0.3, 0.4) is 0 Å². The summed E-state index contributed by atoms with van der Waals surface area (Å²) in [6, 6.07) is 5.21. The number of likely N-dealkylation sites (tertiary alicyclic amines) is 1. The summed E-state index contributed by atoms with van der Waals surface area (Å²) in [5.41, 5.74) is 5.44. The average Bonchev–Trinajstić information content (AvgIpc) is 2.95. The quantitative estimate of drug-likeness (QED) is 0.850. The van der Waals surface area contributed by atoms with E-state index in [1.165, 1.54) is 12.1 Å². The maximum Gasteiger partial charge on any atom is 0.416 e. The maximum atomic E-state index is 12.8. The van der Waals surface area contributed by atoms with Crippen LogP contribution in [0.25, 0.3) is 0 Å². The molecule has 0 spiro atoms. The van der Waals surface area contributed by atoms with Crippen molar-refractivity contribution in [3.8, 4) is 0 Å². The molecule has 1 aromatic carbocycles. The highest BCUT2D eigenvalue weighted by Crippen LogP contribution is 2.46. The van der Waals surface area contributed by atoms with Gasteiger partial charge in [0.05, 0.1) is 5.56 Å². The van der Waals surface area contributed by atoms with Gasteiger partial charge in [-0.3, -0.25) is 0 Å². The van der Waals surface area contributed by atoms with Gasteiger partial charge in [0.15, 0.2) is 0 Å². The predicted octanol–water partition coefficient (Wildman–Crippen LogP) is 3.21. The van der Waals surface area contributed by atoms with E-state index in [-0.39, 0.29) is 5.92 Å². The molecular formula is C15H17F3N2O. The number of amides is 2. The minimum atomic E-state index is -4.30. The van der Waals surface area contributed by atoms with Crippen LogP contribution < -0.4 is 5.73 Å². The molecule has 1 heterocycles. The summed E-state index contributed by atoms with van der Waals surface area (Å²) in [5.74, 6) is 0.867. The van der Waals surface area contributed by atoms with E-state index in [1.54, 1.807) is 11.0 Å². The van der Waals surface area contributed by atoms with Gasteiger partial charge in [-0.25, -0.2) is 4.79 Å². The van der Waals surface area contributed by atoms with Crippen molar-refractivity contribution in [2.45, 2.75) is 24.9 Å². The van der Waals surface area contributed by atoms with Crippen molar-refractivity contribution in [3.05, 3.63) is 35.4 Å². The van der Waals surface area contributed by atoms with E-state index in [0.29, 0.717) is 24.9 Å². The predicted molar refractivity (Wildman–Crippen MR) is 71.6 cm³/mol. The maximum absolute atomic E-state index is 12.8. The van der Waals surface area contributed by atoms with Crippen LogP contribution in [0.4, 0.5) is 18.0 Å². The molecule has 0 bridgehead atoms. The third-order valence-electron chi connectivity index (χ3n) is 4.75. The normalized spacial score (nSPS) is 28.7. The standard InChI is InChI=1S/C15H17F3N2O/c16-15(17,18)13-3-1-2-9(6-13)10-4-11-7-20(14(19)21)8-12(11)5-10/h1-3,6,10-12H,4-5,7-8H2,(H2,19,21)/t10-,11+,12-. The van der Waals surface area contributed by atoms with Gasteiger partial charge in [-0.2, -0.15) is 13.2 Å². The van der Waals surface area contributed by atoms with E-state index in [9.17, 15) is 18.0 Å².